The number of oxazole rings is 1. The van der Waals surface area contributed by atoms with Gasteiger partial charge in [-0.3, -0.25) is 0 Å². The van der Waals surface area contributed by atoms with E-state index in [1.165, 1.54) is 0 Å². The minimum absolute atomic E-state index is 0.252. The number of aliphatic hydroxyl groups excluding tert-OH is 1. The van der Waals surface area contributed by atoms with Crippen LogP contribution in [0.4, 0.5) is 0 Å². The molecule has 0 saturated carbocycles. The zero-order chi connectivity index (χ0) is 19.4. The Bertz CT molecular complexity index is 879. The van der Waals surface area contributed by atoms with Gasteiger partial charge in [0.05, 0.1) is 17.2 Å². The van der Waals surface area contributed by atoms with E-state index < -0.39 is 10.0 Å². The number of piperidine rings is 1. The molecule has 148 valence electrons. The third kappa shape index (κ3) is 5.16. The molecule has 3 rings (SSSR count). The van der Waals surface area contributed by atoms with Crippen molar-refractivity contribution in [2.24, 2.45) is 0 Å². The molecular weight excluding hydrogens is 366 g/mol. The Hall–Kier alpha value is -1.74. The van der Waals surface area contributed by atoms with Crippen LogP contribution in [0.5, 0.6) is 0 Å². The first kappa shape index (κ1) is 20.0. The Morgan fingerprint density at radius 3 is 2.89 bits per heavy atom. The van der Waals surface area contributed by atoms with Crippen molar-refractivity contribution in [3.63, 3.8) is 0 Å². The van der Waals surface area contributed by atoms with E-state index in [2.05, 4.69) is 14.6 Å². The van der Waals surface area contributed by atoms with Crippen LogP contribution in [0.2, 0.25) is 0 Å². The molecule has 1 aliphatic heterocycles. The van der Waals surface area contributed by atoms with Crippen LogP contribution in [-0.4, -0.2) is 55.7 Å². The van der Waals surface area contributed by atoms with Gasteiger partial charge in [-0.05, 0) is 50.9 Å². The van der Waals surface area contributed by atoms with Gasteiger partial charge in [0.1, 0.15) is 0 Å². The number of aryl methyl sites for hydroxylation is 2. The molecule has 1 aromatic carbocycles. The Morgan fingerprint density at radius 2 is 2.19 bits per heavy atom. The highest BCUT2D eigenvalue weighted by Gasteiger charge is 2.20. The van der Waals surface area contributed by atoms with Crippen LogP contribution >= 0.6 is 0 Å². The molecule has 1 saturated heterocycles. The van der Waals surface area contributed by atoms with E-state index in [-0.39, 0.29) is 11.0 Å². The first-order valence-electron chi connectivity index (χ1n) is 9.29. The molecule has 0 spiro atoms. The summed E-state index contributed by atoms with van der Waals surface area (Å²) in [6.45, 7) is 6.29. The summed E-state index contributed by atoms with van der Waals surface area (Å²) in [5.74, 6) is 1.09. The lowest BCUT2D eigenvalue weighted by atomic mass is 10.1. The molecule has 0 radical (unpaired) electrons. The summed E-state index contributed by atoms with van der Waals surface area (Å²) >= 11 is 0. The predicted molar refractivity (Wildman–Crippen MR) is 103 cm³/mol. The van der Waals surface area contributed by atoms with Gasteiger partial charge in [-0.1, -0.05) is 12.1 Å². The van der Waals surface area contributed by atoms with Crippen LogP contribution in [0.25, 0.3) is 11.3 Å². The molecule has 1 atom stereocenters. The van der Waals surface area contributed by atoms with Crippen molar-refractivity contribution in [2.45, 2.75) is 44.1 Å². The highest BCUT2D eigenvalue weighted by molar-refractivity contribution is 7.89. The molecule has 0 amide bonds. The molecule has 8 heteroatoms. The molecule has 2 aromatic rings. The van der Waals surface area contributed by atoms with Crippen LogP contribution in [-0.2, 0) is 10.0 Å². The Labute approximate surface area is 160 Å². The summed E-state index contributed by atoms with van der Waals surface area (Å²) in [6.07, 6.45) is 3.87. The molecule has 0 unspecified atom stereocenters. The van der Waals surface area contributed by atoms with Crippen molar-refractivity contribution in [3.05, 3.63) is 35.9 Å². The maximum Gasteiger partial charge on any atom is 0.240 e. The van der Waals surface area contributed by atoms with Crippen molar-refractivity contribution in [3.8, 4) is 11.3 Å². The maximum atomic E-state index is 12.7. The predicted octanol–water partition coefficient (Wildman–Crippen LogP) is 2.08. The maximum absolute atomic E-state index is 12.7. The third-order valence-corrected chi connectivity index (χ3v) is 6.41. The molecule has 1 aromatic heterocycles. The van der Waals surface area contributed by atoms with E-state index in [1.807, 2.05) is 6.07 Å². The molecular formula is C19H27N3O4S. The average molecular weight is 394 g/mol. The van der Waals surface area contributed by atoms with Gasteiger partial charge in [0.15, 0.2) is 11.7 Å². The van der Waals surface area contributed by atoms with Crippen LogP contribution in [0.3, 0.4) is 0 Å². The van der Waals surface area contributed by atoms with Gasteiger partial charge in [0.2, 0.25) is 10.0 Å². The van der Waals surface area contributed by atoms with E-state index in [4.69, 9.17) is 4.42 Å². The Balaban J connectivity index is 1.62. The number of β-amino-alcohol motifs (C(OH)–C–C–N with tert-alkyl or cyclic N) is 1. The summed E-state index contributed by atoms with van der Waals surface area (Å²) in [6, 6.07) is 5.23. The van der Waals surface area contributed by atoms with Gasteiger partial charge in [0, 0.05) is 25.6 Å². The van der Waals surface area contributed by atoms with E-state index in [0.29, 0.717) is 42.3 Å². The number of hydrogen-bond acceptors (Lipinski definition) is 6. The second kappa shape index (κ2) is 8.52. The first-order valence-corrected chi connectivity index (χ1v) is 10.8. The monoisotopic (exact) mass is 393 g/mol. The third-order valence-electron chi connectivity index (χ3n) is 4.81. The van der Waals surface area contributed by atoms with E-state index in [1.54, 1.807) is 32.2 Å². The second-order valence-corrected chi connectivity index (χ2v) is 8.81. The minimum Gasteiger partial charge on any atom is -0.441 e. The number of rotatable bonds is 7. The summed E-state index contributed by atoms with van der Waals surface area (Å²) in [5, 5.41) is 9.70. The Kier molecular flexibility index (Phi) is 6.31. The van der Waals surface area contributed by atoms with Gasteiger partial charge in [-0.25, -0.2) is 18.1 Å². The quantitative estimate of drug-likeness (QED) is 0.700. The smallest absolute Gasteiger partial charge is 0.240 e. The first-order chi connectivity index (χ1) is 12.8. The molecule has 2 N–H and O–H groups in total. The number of aromatic nitrogens is 1. The number of aliphatic hydroxyl groups is 1. The fourth-order valence-corrected chi connectivity index (χ4v) is 4.70. The largest absolute Gasteiger partial charge is 0.441 e. The standard InChI is InChI=1S/C19H27N3O4S/c1-14-6-7-16(18-12-20-15(2)26-18)11-19(14)27(24,25)21-8-4-10-22-9-3-5-17(23)13-22/h6-7,11-12,17,21,23H,3-5,8-10,13H2,1-2H3/t17-/m0/s1. The zero-order valence-corrected chi connectivity index (χ0v) is 16.6. The fourth-order valence-electron chi connectivity index (χ4n) is 3.36. The number of nitrogens with one attached hydrogen (secondary N) is 1. The molecule has 27 heavy (non-hydrogen) atoms. The van der Waals surface area contributed by atoms with Gasteiger partial charge < -0.3 is 14.4 Å². The van der Waals surface area contributed by atoms with E-state index in [0.717, 1.165) is 25.9 Å². The molecule has 2 heterocycles. The SMILES string of the molecule is Cc1ncc(-c2ccc(C)c(S(=O)(=O)NCCCN3CCC[C@H](O)C3)c2)o1. The van der Waals surface area contributed by atoms with Gasteiger partial charge in [0.25, 0.3) is 0 Å². The topological polar surface area (TPSA) is 95.7 Å². The molecule has 1 aliphatic rings. The van der Waals surface area contributed by atoms with Crippen LogP contribution in [0, 0.1) is 13.8 Å². The number of sulfonamides is 1. The number of hydrogen-bond donors (Lipinski definition) is 2. The number of benzene rings is 1. The number of nitrogens with zero attached hydrogens (tertiary/aromatic N) is 2. The fraction of sp³-hybridized carbons (Fsp3) is 0.526. The van der Waals surface area contributed by atoms with Crippen molar-refractivity contribution in [1.82, 2.24) is 14.6 Å². The second-order valence-electron chi connectivity index (χ2n) is 7.07. The highest BCUT2D eigenvalue weighted by atomic mass is 32.2. The zero-order valence-electron chi connectivity index (χ0n) is 15.8. The molecule has 0 aliphatic carbocycles. The number of likely N-dealkylation sites (tertiary alicyclic amines) is 1. The minimum atomic E-state index is -3.61. The Morgan fingerprint density at radius 1 is 1.37 bits per heavy atom. The summed E-state index contributed by atoms with van der Waals surface area (Å²) in [4.78, 5) is 6.50. The van der Waals surface area contributed by atoms with Crippen molar-refractivity contribution in [1.29, 1.82) is 0 Å². The van der Waals surface area contributed by atoms with Crippen molar-refractivity contribution >= 4 is 10.0 Å². The van der Waals surface area contributed by atoms with E-state index >= 15 is 0 Å². The normalized spacial score (nSPS) is 18.7. The molecule has 7 nitrogen and oxygen atoms in total. The van der Waals surface area contributed by atoms with Gasteiger partial charge in [-0.15, -0.1) is 0 Å². The van der Waals surface area contributed by atoms with Gasteiger partial charge >= 0.3 is 0 Å². The van der Waals surface area contributed by atoms with Crippen LogP contribution < -0.4 is 4.72 Å². The van der Waals surface area contributed by atoms with Crippen LogP contribution in [0.15, 0.2) is 33.7 Å². The van der Waals surface area contributed by atoms with Crippen molar-refractivity contribution in [2.75, 3.05) is 26.2 Å². The summed E-state index contributed by atoms with van der Waals surface area (Å²) < 4.78 is 33.7. The lowest BCUT2D eigenvalue weighted by Gasteiger charge is -2.29. The van der Waals surface area contributed by atoms with E-state index in [9.17, 15) is 13.5 Å². The highest BCUT2D eigenvalue weighted by Crippen LogP contribution is 2.25. The summed E-state index contributed by atoms with van der Waals surface area (Å²) in [7, 11) is -3.61. The lowest BCUT2D eigenvalue weighted by molar-refractivity contribution is 0.0704. The summed E-state index contributed by atoms with van der Waals surface area (Å²) in [5.41, 5.74) is 1.37. The van der Waals surface area contributed by atoms with Crippen LogP contribution in [0.1, 0.15) is 30.7 Å². The average Bonchev–Trinajstić information content (AvgIpc) is 3.05. The lowest BCUT2D eigenvalue weighted by Crippen LogP contribution is -2.39. The molecule has 0 bridgehead atoms. The van der Waals surface area contributed by atoms with Gasteiger partial charge in [-0.2, -0.15) is 0 Å². The van der Waals surface area contributed by atoms with Crippen molar-refractivity contribution < 1.29 is 17.9 Å². The molecule has 1 fully saturated rings.